The Kier molecular flexibility index (Phi) is 4.33. The van der Waals surface area contributed by atoms with Crippen molar-refractivity contribution in [2.75, 3.05) is 7.05 Å². The van der Waals surface area contributed by atoms with Crippen LogP contribution in [0.5, 0.6) is 11.5 Å². The number of benzene rings is 2. The number of ether oxygens (including phenoxy) is 2. The van der Waals surface area contributed by atoms with Crippen molar-refractivity contribution in [2.45, 2.75) is 51.4 Å². The maximum Gasteiger partial charge on any atom is 0.261 e. The molecule has 0 aliphatic carbocycles. The Morgan fingerprint density at radius 1 is 1.17 bits per heavy atom. The first kappa shape index (κ1) is 19.3. The number of aliphatic imine (C=N–C) groups is 1. The van der Waals surface area contributed by atoms with E-state index in [0.29, 0.717) is 12.2 Å². The van der Waals surface area contributed by atoms with Gasteiger partial charge >= 0.3 is 0 Å². The minimum Gasteiger partial charge on any atom is -0.491 e. The fraction of sp³-hybridized carbons (Fsp3) is 0.391. The molecule has 2 aromatic carbocycles. The van der Waals surface area contributed by atoms with E-state index in [9.17, 15) is 4.79 Å². The zero-order valence-corrected chi connectivity index (χ0v) is 17.5. The quantitative estimate of drug-likeness (QED) is 0.863. The van der Waals surface area contributed by atoms with Crippen LogP contribution < -0.4 is 15.2 Å². The minimum atomic E-state index is -1.06. The van der Waals surface area contributed by atoms with Gasteiger partial charge in [-0.15, -0.1) is 0 Å². The van der Waals surface area contributed by atoms with Crippen LogP contribution in [0.1, 0.15) is 39.7 Å². The Bertz CT molecular complexity index is 1010. The molecular weight excluding hydrogens is 366 g/mol. The molecule has 2 heterocycles. The summed E-state index contributed by atoms with van der Waals surface area (Å²) in [6.45, 7) is 7.93. The van der Waals surface area contributed by atoms with Gasteiger partial charge in [-0.2, -0.15) is 0 Å². The summed E-state index contributed by atoms with van der Waals surface area (Å²) >= 11 is 0. The molecular formula is C23H27N3O3. The second kappa shape index (κ2) is 6.51. The van der Waals surface area contributed by atoms with Gasteiger partial charge in [-0.3, -0.25) is 9.69 Å². The number of hydrogen-bond donors (Lipinski definition) is 1. The predicted molar refractivity (Wildman–Crippen MR) is 113 cm³/mol. The minimum absolute atomic E-state index is 0.0941. The molecule has 0 radical (unpaired) electrons. The molecule has 1 spiro atoms. The number of likely N-dealkylation sites (N-methyl/N-ethyl adjacent to an activating group) is 1. The molecule has 29 heavy (non-hydrogen) atoms. The van der Waals surface area contributed by atoms with Crippen molar-refractivity contribution in [1.29, 1.82) is 0 Å². The highest BCUT2D eigenvalue weighted by Gasteiger charge is 2.55. The summed E-state index contributed by atoms with van der Waals surface area (Å²) in [4.78, 5) is 19.3. The Morgan fingerprint density at radius 3 is 2.55 bits per heavy atom. The van der Waals surface area contributed by atoms with E-state index < -0.39 is 11.1 Å². The molecule has 2 N–H and O–H groups in total. The van der Waals surface area contributed by atoms with Crippen molar-refractivity contribution in [3.05, 3.63) is 48.0 Å². The smallest absolute Gasteiger partial charge is 0.261 e. The van der Waals surface area contributed by atoms with E-state index in [2.05, 4.69) is 4.99 Å². The number of nitrogens with zero attached hydrogens (tertiary/aromatic N) is 2. The average Bonchev–Trinajstić information content (AvgIpc) is 2.84. The summed E-state index contributed by atoms with van der Waals surface area (Å²) in [6, 6.07) is 13.8. The molecule has 0 bridgehead atoms. The fourth-order valence-electron chi connectivity index (χ4n) is 4.18. The number of hydrogen-bond acceptors (Lipinski definition) is 5. The van der Waals surface area contributed by atoms with Crippen LogP contribution in [-0.2, 0) is 10.3 Å². The normalized spacial score (nSPS) is 22.5. The van der Waals surface area contributed by atoms with Crippen molar-refractivity contribution in [1.82, 2.24) is 4.90 Å². The lowest BCUT2D eigenvalue weighted by Crippen LogP contribution is -2.49. The van der Waals surface area contributed by atoms with Gasteiger partial charge in [0.2, 0.25) is 0 Å². The van der Waals surface area contributed by atoms with Gasteiger partial charge in [-0.25, -0.2) is 4.99 Å². The predicted octanol–water partition coefficient (Wildman–Crippen LogP) is 3.68. The number of nitrogens with two attached hydrogens (primary N) is 1. The Labute approximate surface area is 171 Å². The molecule has 1 unspecified atom stereocenters. The SMILES string of the molecule is CC(C)Oc1cccc(-c2ccc3c(c2)C2(CC(C)(C)O3)N=C(N)N(C)C2=O)c1. The van der Waals surface area contributed by atoms with E-state index in [1.54, 1.807) is 7.05 Å². The van der Waals surface area contributed by atoms with Crippen molar-refractivity contribution in [3.63, 3.8) is 0 Å². The zero-order valence-electron chi connectivity index (χ0n) is 17.5. The lowest BCUT2D eigenvalue weighted by Gasteiger charge is -2.41. The summed E-state index contributed by atoms with van der Waals surface area (Å²) in [7, 11) is 1.66. The summed E-state index contributed by atoms with van der Waals surface area (Å²) in [6.07, 6.45) is 0.522. The molecule has 4 rings (SSSR count). The van der Waals surface area contributed by atoms with Gasteiger partial charge < -0.3 is 15.2 Å². The zero-order chi connectivity index (χ0) is 21.0. The number of amides is 1. The molecule has 2 aromatic rings. The lowest BCUT2D eigenvalue weighted by molar-refractivity contribution is -0.133. The highest BCUT2D eigenvalue weighted by Crippen LogP contribution is 2.49. The molecule has 152 valence electrons. The third-order valence-electron chi connectivity index (χ3n) is 5.34. The molecule has 1 amide bonds. The summed E-state index contributed by atoms with van der Waals surface area (Å²) in [5.74, 6) is 1.58. The number of rotatable bonds is 3. The van der Waals surface area contributed by atoms with E-state index >= 15 is 0 Å². The second-order valence-corrected chi connectivity index (χ2v) is 8.64. The van der Waals surface area contributed by atoms with Crippen molar-refractivity contribution >= 4 is 11.9 Å². The van der Waals surface area contributed by atoms with Gasteiger partial charge in [0.1, 0.15) is 17.1 Å². The van der Waals surface area contributed by atoms with Crippen LogP contribution in [0.25, 0.3) is 11.1 Å². The second-order valence-electron chi connectivity index (χ2n) is 8.64. The molecule has 2 aliphatic rings. The summed E-state index contributed by atoms with van der Waals surface area (Å²) < 4.78 is 12.0. The Hall–Kier alpha value is -3.02. The molecule has 2 aliphatic heterocycles. The average molecular weight is 393 g/mol. The van der Waals surface area contributed by atoms with Crippen LogP contribution in [0, 0.1) is 0 Å². The van der Waals surface area contributed by atoms with E-state index in [0.717, 1.165) is 22.4 Å². The van der Waals surface area contributed by atoms with Crippen molar-refractivity contribution < 1.29 is 14.3 Å². The lowest BCUT2D eigenvalue weighted by atomic mass is 9.77. The monoisotopic (exact) mass is 393 g/mol. The molecule has 6 heteroatoms. The van der Waals surface area contributed by atoms with Gasteiger partial charge in [-0.05, 0) is 63.1 Å². The third kappa shape index (κ3) is 3.22. The van der Waals surface area contributed by atoms with E-state index in [1.807, 2.05) is 70.2 Å². The number of fused-ring (bicyclic) bond motifs is 2. The number of guanidine groups is 1. The molecule has 0 saturated heterocycles. The van der Waals surface area contributed by atoms with Gasteiger partial charge in [0.15, 0.2) is 11.5 Å². The Balaban J connectivity index is 1.84. The molecule has 1 atom stereocenters. The van der Waals surface area contributed by atoms with Crippen LogP contribution in [-0.4, -0.2) is 35.5 Å². The molecule has 0 fully saturated rings. The van der Waals surface area contributed by atoms with Gasteiger partial charge in [0.05, 0.1) is 6.10 Å². The van der Waals surface area contributed by atoms with Crippen LogP contribution in [0.3, 0.4) is 0 Å². The van der Waals surface area contributed by atoms with Crippen molar-refractivity contribution in [2.24, 2.45) is 10.7 Å². The summed E-state index contributed by atoms with van der Waals surface area (Å²) in [5, 5.41) is 0. The fourth-order valence-corrected chi connectivity index (χ4v) is 4.18. The van der Waals surface area contributed by atoms with Crippen molar-refractivity contribution in [3.8, 4) is 22.6 Å². The van der Waals surface area contributed by atoms with Crippen LogP contribution in [0.15, 0.2) is 47.5 Å². The standard InChI is InChI=1S/C23H27N3O3/c1-14(2)28-17-8-6-7-15(11-17)16-9-10-19-18(12-16)23(13-22(3,4)29-19)20(27)26(5)21(24)25-23/h6-12,14H,13H2,1-5H3,(H2,24,25). The maximum atomic E-state index is 13.2. The highest BCUT2D eigenvalue weighted by atomic mass is 16.5. The highest BCUT2D eigenvalue weighted by molar-refractivity contribution is 6.07. The third-order valence-corrected chi connectivity index (χ3v) is 5.34. The van der Waals surface area contributed by atoms with E-state index in [-0.39, 0.29) is 18.0 Å². The number of carbonyl (C=O) groups excluding carboxylic acids is 1. The maximum absolute atomic E-state index is 13.2. The van der Waals surface area contributed by atoms with Crippen LogP contribution in [0.4, 0.5) is 0 Å². The molecule has 0 saturated carbocycles. The topological polar surface area (TPSA) is 77.2 Å². The van der Waals surface area contributed by atoms with Gasteiger partial charge in [-0.1, -0.05) is 18.2 Å². The van der Waals surface area contributed by atoms with Gasteiger partial charge in [0.25, 0.3) is 5.91 Å². The molecule has 0 aromatic heterocycles. The summed E-state index contributed by atoms with van der Waals surface area (Å²) in [5.41, 5.74) is 7.16. The Morgan fingerprint density at radius 2 is 1.90 bits per heavy atom. The van der Waals surface area contributed by atoms with E-state index in [4.69, 9.17) is 15.2 Å². The van der Waals surface area contributed by atoms with Crippen LogP contribution in [0.2, 0.25) is 0 Å². The first-order valence-electron chi connectivity index (χ1n) is 9.85. The first-order chi connectivity index (χ1) is 13.6. The van der Waals surface area contributed by atoms with E-state index in [1.165, 1.54) is 4.90 Å². The van der Waals surface area contributed by atoms with Gasteiger partial charge in [0, 0.05) is 19.0 Å². The molecule has 6 nitrogen and oxygen atoms in total. The first-order valence-corrected chi connectivity index (χ1v) is 9.85. The largest absolute Gasteiger partial charge is 0.491 e. The number of carbonyl (C=O) groups is 1. The van der Waals surface area contributed by atoms with Crippen LogP contribution >= 0.6 is 0 Å².